The Morgan fingerprint density at radius 1 is 1.04 bits per heavy atom. The summed E-state index contributed by atoms with van der Waals surface area (Å²) in [6, 6.07) is 4.87. The summed E-state index contributed by atoms with van der Waals surface area (Å²) in [6.45, 7) is 21.3. The molecule has 1 unspecified atom stereocenters. The topological polar surface area (TPSA) is 44.3 Å². The third-order valence-corrected chi connectivity index (χ3v) is 13.4. The number of hydrogen-bond donors (Lipinski definition) is 1. The third kappa shape index (κ3) is 5.82. The molecule has 0 aliphatic carbocycles. The molecule has 0 saturated heterocycles. The van der Waals surface area contributed by atoms with Gasteiger partial charge in [0.1, 0.15) is 10.6 Å². The highest BCUT2D eigenvalue weighted by Crippen LogP contribution is 2.43. The second-order valence-electron chi connectivity index (χ2n) is 9.63. The molecule has 0 amide bonds. The van der Waals surface area contributed by atoms with Gasteiger partial charge in [-0.2, -0.15) is 0 Å². The molecular weight excluding hydrogens is 389 g/mol. The lowest BCUT2D eigenvalue weighted by Gasteiger charge is -2.42. The van der Waals surface area contributed by atoms with Crippen LogP contribution in [0.25, 0.3) is 0 Å². The van der Waals surface area contributed by atoms with E-state index in [1.165, 1.54) is 6.07 Å². The van der Waals surface area contributed by atoms with Gasteiger partial charge in [0.25, 0.3) is 0 Å². The maximum Gasteiger partial charge on any atom is 0.200 e. The monoisotopic (exact) mass is 429 g/mol. The molecule has 0 aliphatic heterocycles. The number of hydrogen-bond acceptors (Lipinski definition) is 3. The molecule has 0 radical (unpaired) electrons. The smallest absolute Gasteiger partial charge is 0.200 e. The van der Waals surface area contributed by atoms with E-state index in [9.17, 15) is 8.94 Å². The van der Waals surface area contributed by atoms with Gasteiger partial charge in [-0.25, -0.2) is 4.39 Å². The van der Waals surface area contributed by atoms with Crippen LogP contribution >= 0.6 is 0 Å². The van der Waals surface area contributed by atoms with Crippen molar-refractivity contribution in [2.24, 2.45) is 0 Å². The van der Waals surface area contributed by atoms with Crippen LogP contribution in [-0.4, -0.2) is 17.6 Å². The van der Waals surface area contributed by atoms with E-state index in [0.29, 0.717) is 22.2 Å². The Morgan fingerprint density at radius 3 is 1.96 bits per heavy atom. The first-order chi connectivity index (χ1) is 12.7. The zero-order valence-corrected chi connectivity index (χ0v) is 21.2. The minimum atomic E-state index is -2.10. The lowest BCUT2D eigenvalue weighted by Crippen LogP contribution is -2.47. The quantitative estimate of drug-likeness (QED) is 0.354. The van der Waals surface area contributed by atoms with Gasteiger partial charge < -0.3 is 8.98 Å². The van der Waals surface area contributed by atoms with Crippen molar-refractivity contribution in [1.29, 1.82) is 0 Å². The van der Waals surface area contributed by atoms with E-state index in [-0.39, 0.29) is 23.2 Å². The Bertz CT molecular complexity index is 610. The van der Waals surface area contributed by atoms with Crippen molar-refractivity contribution < 1.29 is 13.4 Å². The molecule has 0 saturated carbocycles. The van der Waals surface area contributed by atoms with Crippen LogP contribution in [0.4, 0.5) is 4.39 Å². The minimum absolute atomic E-state index is 0.234. The van der Waals surface area contributed by atoms with Crippen LogP contribution in [0.5, 0.6) is 0 Å². The van der Waals surface area contributed by atoms with Gasteiger partial charge in [-0.05, 0) is 55.9 Å². The Hall–Kier alpha value is -0.403. The van der Waals surface area contributed by atoms with E-state index in [2.05, 4.69) is 46.3 Å². The highest BCUT2D eigenvalue weighted by atomic mass is 32.2. The first-order valence-electron chi connectivity index (χ1n) is 10.3. The summed E-state index contributed by atoms with van der Waals surface area (Å²) in [4.78, 5) is 0. The van der Waals surface area contributed by atoms with Crippen molar-refractivity contribution in [2.45, 2.75) is 103 Å². The van der Waals surface area contributed by atoms with Crippen LogP contribution in [0.2, 0.25) is 16.6 Å². The SMILES string of the molecule is CC(C)[Si](OCc1c(F)cccc1[C@H](C)N[S+]([O-])C(C)(C)C)(C(C)C)C(C)C. The second-order valence-corrected chi connectivity index (χ2v) is 17.1. The van der Waals surface area contributed by atoms with Gasteiger partial charge in [-0.3, -0.25) is 0 Å². The van der Waals surface area contributed by atoms with Crippen LogP contribution in [0.15, 0.2) is 18.2 Å². The van der Waals surface area contributed by atoms with Crippen LogP contribution in [-0.2, 0) is 22.4 Å². The molecule has 1 aromatic carbocycles. The first kappa shape index (κ1) is 25.6. The molecule has 6 heteroatoms. The molecule has 162 valence electrons. The predicted molar refractivity (Wildman–Crippen MR) is 122 cm³/mol. The summed E-state index contributed by atoms with van der Waals surface area (Å²) >= 11 is -1.23. The molecular formula is C22H40FNO2SSi. The molecule has 0 heterocycles. The fourth-order valence-corrected chi connectivity index (χ4v) is 10.4. The Kier molecular flexibility index (Phi) is 9.22. The average Bonchev–Trinajstić information content (AvgIpc) is 2.54. The van der Waals surface area contributed by atoms with Crippen molar-refractivity contribution in [3.05, 3.63) is 35.1 Å². The van der Waals surface area contributed by atoms with E-state index >= 15 is 0 Å². The van der Waals surface area contributed by atoms with E-state index in [4.69, 9.17) is 4.43 Å². The summed E-state index contributed by atoms with van der Waals surface area (Å²) in [5.74, 6) is -0.258. The molecule has 2 atom stereocenters. The van der Waals surface area contributed by atoms with Gasteiger partial charge in [0.2, 0.25) is 8.32 Å². The molecule has 1 rings (SSSR count). The Morgan fingerprint density at radius 2 is 1.54 bits per heavy atom. The fraction of sp³-hybridized carbons (Fsp3) is 0.727. The van der Waals surface area contributed by atoms with Gasteiger partial charge in [-0.15, -0.1) is 4.72 Å². The van der Waals surface area contributed by atoms with Crippen molar-refractivity contribution >= 4 is 19.7 Å². The van der Waals surface area contributed by atoms with E-state index in [0.717, 1.165) is 5.56 Å². The largest absolute Gasteiger partial charge is 0.598 e. The van der Waals surface area contributed by atoms with Crippen LogP contribution in [0.3, 0.4) is 0 Å². The zero-order valence-electron chi connectivity index (χ0n) is 19.4. The summed E-state index contributed by atoms with van der Waals surface area (Å²) in [7, 11) is -2.10. The van der Waals surface area contributed by atoms with Crippen LogP contribution in [0, 0.1) is 5.82 Å². The molecule has 1 N–H and O–H groups in total. The maximum absolute atomic E-state index is 14.8. The van der Waals surface area contributed by atoms with Gasteiger partial charge in [-0.1, -0.05) is 53.7 Å². The number of benzene rings is 1. The van der Waals surface area contributed by atoms with Gasteiger partial charge >= 0.3 is 0 Å². The lowest BCUT2D eigenvalue weighted by atomic mass is 10.0. The molecule has 0 bridgehead atoms. The normalized spacial score (nSPS) is 15.5. The third-order valence-electron chi connectivity index (χ3n) is 5.64. The van der Waals surface area contributed by atoms with E-state index in [1.54, 1.807) is 6.07 Å². The fourth-order valence-electron chi connectivity index (χ4n) is 4.23. The summed E-state index contributed by atoms with van der Waals surface area (Å²) < 4.78 is 36.7. The standard InChI is InChI=1S/C22H40FNO2SSi/c1-15(2)28(16(3)4,17(5)6)26-14-20-19(12-11-13-21(20)23)18(7)24-27(25)22(8,9)10/h11-13,15-18,24H,14H2,1-10H3/t18-,27?/m0/s1. The maximum atomic E-state index is 14.8. The van der Waals surface area contributed by atoms with Crippen molar-refractivity contribution in [2.75, 3.05) is 0 Å². The molecule has 28 heavy (non-hydrogen) atoms. The van der Waals surface area contributed by atoms with E-state index < -0.39 is 19.7 Å². The molecule has 0 aliphatic rings. The van der Waals surface area contributed by atoms with Crippen LogP contribution < -0.4 is 4.72 Å². The zero-order chi connectivity index (χ0) is 21.9. The molecule has 0 fully saturated rings. The predicted octanol–water partition coefficient (Wildman–Crippen LogP) is 6.63. The minimum Gasteiger partial charge on any atom is -0.598 e. The summed E-state index contributed by atoms with van der Waals surface area (Å²) in [5, 5.41) is 0. The van der Waals surface area contributed by atoms with E-state index in [1.807, 2.05) is 33.8 Å². The highest BCUT2D eigenvalue weighted by molar-refractivity contribution is 7.90. The highest BCUT2D eigenvalue weighted by Gasteiger charge is 2.45. The Balaban J connectivity index is 3.18. The molecule has 1 aromatic rings. The lowest BCUT2D eigenvalue weighted by molar-refractivity contribution is 0.259. The first-order valence-corrected chi connectivity index (χ1v) is 13.6. The number of nitrogens with one attached hydrogen (secondary N) is 1. The van der Waals surface area contributed by atoms with Gasteiger partial charge in [0, 0.05) is 16.9 Å². The number of rotatable bonds is 9. The van der Waals surface area contributed by atoms with Crippen molar-refractivity contribution in [1.82, 2.24) is 4.72 Å². The average molecular weight is 430 g/mol. The number of halogens is 1. The molecule has 0 aromatic heterocycles. The summed E-state index contributed by atoms with van der Waals surface area (Å²) in [5.41, 5.74) is 2.70. The van der Waals surface area contributed by atoms with Crippen molar-refractivity contribution in [3.63, 3.8) is 0 Å². The summed E-state index contributed by atoms with van der Waals surface area (Å²) in [6.07, 6.45) is 0. The van der Waals surface area contributed by atoms with Gasteiger partial charge in [0.05, 0.1) is 12.6 Å². The molecule has 0 spiro atoms. The second kappa shape index (κ2) is 10.1. The Labute approximate surface area is 176 Å². The molecule has 3 nitrogen and oxygen atoms in total. The van der Waals surface area contributed by atoms with Crippen molar-refractivity contribution in [3.8, 4) is 0 Å². The van der Waals surface area contributed by atoms with Crippen LogP contribution in [0.1, 0.15) is 86.4 Å². The van der Waals surface area contributed by atoms with Gasteiger partial charge in [0.15, 0.2) is 0 Å².